The lowest BCUT2D eigenvalue weighted by molar-refractivity contribution is -0.138. The molecule has 92 valence electrons. The van der Waals surface area contributed by atoms with E-state index in [0.29, 0.717) is 0 Å². The highest BCUT2D eigenvalue weighted by atomic mass is 16.4. The smallest absolute Gasteiger partial charge is 0.322 e. The Bertz CT molecular complexity index is 376. The molecule has 0 saturated carbocycles. The van der Waals surface area contributed by atoms with E-state index < -0.39 is 5.97 Å². The van der Waals surface area contributed by atoms with Crippen molar-refractivity contribution in [2.45, 2.75) is 19.8 Å². The number of carbonyl (C=O) groups excluding carboxylic acids is 1. The Morgan fingerprint density at radius 1 is 1.29 bits per heavy atom. The molecule has 0 heterocycles. The van der Waals surface area contributed by atoms with Crippen LogP contribution in [0.5, 0.6) is 0 Å². The summed E-state index contributed by atoms with van der Waals surface area (Å²) in [4.78, 5) is 21.8. The monoisotopic (exact) mass is 235 g/mol. The van der Waals surface area contributed by atoms with Crippen LogP contribution in [0.2, 0.25) is 0 Å². The number of amides is 1. The van der Waals surface area contributed by atoms with Gasteiger partial charge < -0.3 is 10.4 Å². The maximum Gasteiger partial charge on any atom is 0.322 e. The van der Waals surface area contributed by atoms with E-state index in [1.54, 1.807) is 6.92 Å². The first-order valence-corrected chi connectivity index (χ1v) is 5.63. The van der Waals surface area contributed by atoms with E-state index in [4.69, 9.17) is 5.11 Å². The molecule has 4 heteroatoms. The number of hydrogen-bond acceptors (Lipinski definition) is 2. The van der Waals surface area contributed by atoms with Gasteiger partial charge in [0.15, 0.2) is 0 Å². The van der Waals surface area contributed by atoms with Gasteiger partial charge in [-0.1, -0.05) is 37.3 Å². The number of hydrogen-bond donors (Lipinski definition) is 2. The minimum absolute atomic E-state index is 0.172. The Balaban J connectivity index is 2.31. The highest BCUT2D eigenvalue weighted by Crippen LogP contribution is 2.09. The van der Waals surface area contributed by atoms with Crippen molar-refractivity contribution in [2.75, 3.05) is 6.54 Å². The Labute approximate surface area is 101 Å². The van der Waals surface area contributed by atoms with Gasteiger partial charge in [0.05, 0.1) is 0 Å². The molecule has 0 aliphatic heterocycles. The van der Waals surface area contributed by atoms with Crippen LogP contribution in [-0.2, 0) is 16.0 Å². The van der Waals surface area contributed by atoms with Gasteiger partial charge in [-0.3, -0.25) is 9.59 Å². The molecule has 2 N–H and O–H groups in total. The second-order valence-corrected chi connectivity index (χ2v) is 4.04. The molecule has 0 aliphatic rings. The molecule has 0 aromatic heterocycles. The fraction of sp³-hybridized carbons (Fsp3) is 0.385. The molecule has 1 atom stereocenters. The lowest BCUT2D eigenvalue weighted by Crippen LogP contribution is -2.33. The Hall–Kier alpha value is -1.84. The van der Waals surface area contributed by atoms with E-state index in [1.807, 2.05) is 30.3 Å². The normalized spacial score (nSPS) is 11.8. The number of aliphatic carboxylic acids is 1. The molecule has 0 radical (unpaired) electrons. The SMILES string of the molecule is C[C@H](CCc1ccccc1)C(=O)NCC(=O)O. The predicted octanol–water partition coefficient (Wildman–Crippen LogP) is 1.46. The van der Waals surface area contributed by atoms with Crippen molar-refractivity contribution in [1.29, 1.82) is 0 Å². The highest BCUT2D eigenvalue weighted by molar-refractivity contribution is 5.82. The first kappa shape index (κ1) is 13.2. The third-order valence-corrected chi connectivity index (χ3v) is 2.57. The second kappa shape index (κ2) is 6.68. The summed E-state index contributed by atoms with van der Waals surface area (Å²) in [6, 6.07) is 9.91. The predicted molar refractivity (Wildman–Crippen MR) is 64.6 cm³/mol. The van der Waals surface area contributed by atoms with Crippen LogP contribution in [0.25, 0.3) is 0 Å². The zero-order valence-electron chi connectivity index (χ0n) is 9.85. The molecular weight excluding hydrogens is 218 g/mol. The third kappa shape index (κ3) is 5.15. The fourth-order valence-electron chi connectivity index (χ4n) is 1.50. The van der Waals surface area contributed by atoms with E-state index in [2.05, 4.69) is 5.32 Å². The fourth-order valence-corrected chi connectivity index (χ4v) is 1.50. The summed E-state index contributed by atoms with van der Waals surface area (Å²) in [5, 5.41) is 10.8. The third-order valence-electron chi connectivity index (χ3n) is 2.57. The number of nitrogens with one attached hydrogen (secondary N) is 1. The van der Waals surface area contributed by atoms with Gasteiger partial charge >= 0.3 is 5.97 Å². The number of aryl methyl sites for hydroxylation is 1. The largest absolute Gasteiger partial charge is 0.480 e. The summed E-state index contributed by atoms with van der Waals surface area (Å²) in [5.74, 6) is -1.40. The van der Waals surface area contributed by atoms with Gasteiger partial charge in [-0.15, -0.1) is 0 Å². The van der Waals surface area contributed by atoms with Crippen LogP contribution in [0.1, 0.15) is 18.9 Å². The molecule has 0 bridgehead atoms. The van der Waals surface area contributed by atoms with Crippen LogP contribution in [-0.4, -0.2) is 23.5 Å². The quantitative estimate of drug-likeness (QED) is 0.784. The van der Waals surface area contributed by atoms with Crippen molar-refractivity contribution in [3.63, 3.8) is 0 Å². The van der Waals surface area contributed by atoms with Crippen LogP contribution in [0.3, 0.4) is 0 Å². The lowest BCUT2D eigenvalue weighted by Gasteiger charge is -2.10. The van der Waals surface area contributed by atoms with Gasteiger partial charge in [-0.25, -0.2) is 0 Å². The molecule has 1 aromatic carbocycles. The van der Waals surface area contributed by atoms with E-state index >= 15 is 0 Å². The molecule has 1 amide bonds. The summed E-state index contributed by atoms with van der Waals surface area (Å²) in [6.45, 7) is 1.49. The van der Waals surface area contributed by atoms with Gasteiger partial charge in [-0.2, -0.15) is 0 Å². The molecule has 1 aromatic rings. The van der Waals surface area contributed by atoms with E-state index in [9.17, 15) is 9.59 Å². The molecule has 0 spiro atoms. The number of benzene rings is 1. The maximum atomic E-state index is 11.5. The molecule has 17 heavy (non-hydrogen) atoms. The zero-order valence-corrected chi connectivity index (χ0v) is 9.85. The first-order chi connectivity index (χ1) is 8.09. The zero-order chi connectivity index (χ0) is 12.7. The topological polar surface area (TPSA) is 66.4 Å². The van der Waals surface area contributed by atoms with Crippen molar-refractivity contribution in [1.82, 2.24) is 5.32 Å². The van der Waals surface area contributed by atoms with Gasteiger partial charge in [0, 0.05) is 5.92 Å². The van der Waals surface area contributed by atoms with Crippen LogP contribution in [0.15, 0.2) is 30.3 Å². The Kier molecular flexibility index (Phi) is 5.20. The van der Waals surface area contributed by atoms with Crippen molar-refractivity contribution in [2.24, 2.45) is 5.92 Å². The van der Waals surface area contributed by atoms with Crippen molar-refractivity contribution in [3.05, 3.63) is 35.9 Å². The average Bonchev–Trinajstić information content (AvgIpc) is 2.34. The van der Waals surface area contributed by atoms with Crippen LogP contribution >= 0.6 is 0 Å². The van der Waals surface area contributed by atoms with Gasteiger partial charge in [0.25, 0.3) is 0 Å². The number of carboxylic acids is 1. The average molecular weight is 235 g/mol. The van der Waals surface area contributed by atoms with Crippen molar-refractivity contribution >= 4 is 11.9 Å². The lowest BCUT2D eigenvalue weighted by atomic mass is 10.0. The van der Waals surface area contributed by atoms with Gasteiger partial charge in [0.1, 0.15) is 6.54 Å². The first-order valence-electron chi connectivity index (χ1n) is 5.63. The van der Waals surface area contributed by atoms with E-state index in [1.165, 1.54) is 5.56 Å². The summed E-state index contributed by atoms with van der Waals surface area (Å²) >= 11 is 0. The minimum Gasteiger partial charge on any atom is -0.480 e. The standard InChI is InChI=1S/C13H17NO3/c1-10(13(17)14-9-12(15)16)7-8-11-5-3-2-4-6-11/h2-6,10H,7-9H2,1H3,(H,14,17)(H,15,16)/t10-/m1/s1. The highest BCUT2D eigenvalue weighted by Gasteiger charge is 2.13. The second-order valence-electron chi connectivity index (χ2n) is 4.04. The van der Waals surface area contributed by atoms with E-state index in [-0.39, 0.29) is 18.4 Å². The van der Waals surface area contributed by atoms with Gasteiger partial charge in [0.2, 0.25) is 5.91 Å². The van der Waals surface area contributed by atoms with Gasteiger partial charge in [-0.05, 0) is 18.4 Å². The van der Waals surface area contributed by atoms with E-state index in [0.717, 1.165) is 12.8 Å². The van der Waals surface area contributed by atoms with Crippen LogP contribution in [0.4, 0.5) is 0 Å². The maximum absolute atomic E-state index is 11.5. The minimum atomic E-state index is -1.02. The van der Waals surface area contributed by atoms with Crippen LogP contribution in [0, 0.1) is 5.92 Å². The Morgan fingerprint density at radius 3 is 2.53 bits per heavy atom. The summed E-state index contributed by atoms with van der Waals surface area (Å²) < 4.78 is 0. The molecule has 0 unspecified atom stereocenters. The summed E-state index contributed by atoms with van der Waals surface area (Å²) in [7, 11) is 0. The number of rotatable bonds is 6. The molecule has 4 nitrogen and oxygen atoms in total. The molecule has 0 aliphatic carbocycles. The molecule has 0 saturated heterocycles. The molecule has 0 fully saturated rings. The summed E-state index contributed by atoms with van der Waals surface area (Å²) in [5.41, 5.74) is 1.19. The van der Waals surface area contributed by atoms with Crippen LogP contribution < -0.4 is 5.32 Å². The van der Waals surface area contributed by atoms with Crippen molar-refractivity contribution in [3.8, 4) is 0 Å². The molecule has 1 rings (SSSR count). The molecular formula is C13H17NO3. The Morgan fingerprint density at radius 2 is 1.94 bits per heavy atom. The number of carboxylic acid groups (broad SMARTS) is 1. The van der Waals surface area contributed by atoms with Crippen molar-refractivity contribution < 1.29 is 14.7 Å². The summed E-state index contributed by atoms with van der Waals surface area (Å²) in [6.07, 6.45) is 1.54. The number of carbonyl (C=O) groups is 2.